The monoisotopic (exact) mass is 233 g/mol. The highest BCUT2D eigenvalue weighted by Gasteiger charge is 2.30. The third-order valence-electron chi connectivity index (χ3n) is 3.99. The number of aliphatic hydroxyl groups excluding tert-OH is 1. The maximum Gasteiger partial charge on any atom is 0.0760 e. The van der Waals surface area contributed by atoms with Crippen LogP contribution in [0.3, 0.4) is 0 Å². The Morgan fingerprint density at radius 2 is 1.65 bits per heavy atom. The average molecular weight is 233 g/mol. The van der Waals surface area contributed by atoms with Gasteiger partial charge in [-0.15, -0.1) is 0 Å². The summed E-state index contributed by atoms with van der Waals surface area (Å²) < 4.78 is 0. The van der Waals surface area contributed by atoms with Crippen LogP contribution in [0.15, 0.2) is 24.3 Å². The molecule has 3 N–H and O–H groups in total. The lowest BCUT2D eigenvalue weighted by atomic mass is 9.77. The van der Waals surface area contributed by atoms with E-state index in [4.69, 9.17) is 5.73 Å². The lowest BCUT2D eigenvalue weighted by Crippen LogP contribution is -2.36. The van der Waals surface area contributed by atoms with E-state index in [1.807, 2.05) is 0 Å². The molecular weight excluding hydrogens is 210 g/mol. The Morgan fingerprint density at radius 1 is 1.12 bits per heavy atom. The SMILES string of the molecule is CC(C)c1ccc([C@@H](N)[C@@H](O)C2CCC2)cc1. The first kappa shape index (κ1) is 12.6. The molecule has 94 valence electrons. The third-order valence-corrected chi connectivity index (χ3v) is 3.99. The molecule has 2 nitrogen and oxygen atoms in total. The Morgan fingerprint density at radius 3 is 2.06 bits per heavy atom. The van der Waals surface area contributed by atoms with Crippen LogP contribution in [0.2, 0.25) is 0 Å². The van der Waals surface area contributed by atoms with Gasteiger partial charge in [0.05, 0.1) is 12.1 Å². The zero-order valence-corrected chi connectivity index (χ0v) is 10.8. The van der Waals surface area contributed by atoms with Gasteiger partial charge in [0.1, 0.15) is 0 Å². The second kappa shape index (κ2) is 5.19. The fourth-order valence-electron chi connectivity index (χ4n) is 2.37. The summed E-state index contributed by atoms with van der Waals surface area (Å²) in [5, 5.41) is 10.1. The summed E-state index contributed by atoms with van der Waals surface area (Å²) >= 11 is 0. The van der Waals surface area contributed by atoms with E-state index in [1.54, 1.807) is 0 Å². The summed E-state index contributed by atoms with van der Waals surface area (Å²) in [6.45, 7) is 4.36. The van der Waals surface area contributed by atoms with Crippen LogP contribution in [-0.2, 0) is 0 Å². The third kappa shape index (κ3) is 2.70. The molecule has 0 amide bonds. The van der Waals surface area contributed by atoms with Gasteiger partial charge in [0.25, 0.3) is 0 Å². The van der Waals surface area contributed by atoms with Crippen LogP contribution in [0, 0.1) is 5.92 Å². The van der Waals surface area contributed by atoms with E-state index in [0.717, 1.165) is 18.4 Å². The minimum Gasteiger partial charge on any atom is -0.391 e. The summed E-state index contributed by atoms with van der Waals surface area (Å²) in [6.07, 6.45) is 3.10. The first-order chi connectivity index (χ1) is 8.09. The van der Waals surface area contributed by atoms with Crippen molar-refractivity contribution in [1.29, 1.82) is 0 Å². The molecule has 1 aliphatic carbocycles. The van der Waals surface area contributed by atoms with Crippen LogP contribution in [-0.4, -0.2) is 11.2 Å². The minimum absolute atomic E-state index is 0.235. The van der Waals surface area contributed by atoms with Crippen LogP contribution in [0.5, 0.6) is 0 Å². The van der Waals surface area contributed by atoms with Gasteiger partial charge in [0.2, 0.25) is 0 Å². The molecular formula is C15H23NO. The Labute approximate surface area is 104 Å². The molecule has 0 aliphatic heterocycles. The molecule has 2 rings (SSSR count). The minimum atomic E-state index is -0.381. The number of benzene rings is 1. The largest absolute Gasteiger partial charge is 0.391 e. The molecule has 2 heteroatoms. The van der Waals surface area contributed by atoms with Crippen molar-refractivity contribution in [2.75, 3.05) is 0 Å². The van der Waals surface area contributed by atoms with Gasteiger partial charge in [0.15, 0.2) is 0 Å². The summed E-state index contributed by atoms with van der Waals surface area (Å²) in [5.41, 5.74) is 8.49. The van der Waals surface area contributed by atoms with Crippen LogP contribution < -0.4 is 5.73 Å². The van der Waals surface area contributed by atoms with E-state index in [1.165, 1.54) is 12.0 Å². The fourth-order valence-corrected chi connectivity index (χ4v) is 2.37. The van der Waals surface area contributed by atoms with Gasteiger partial charge in [-0.25, -0.2) is 0 Å². The number of nitrogens with two attached hydrogens (primary N) is 1. The highest BCUT2D eigenvalue weighted by atomic mass is 16.3. The lowest BCUT2D eigenvalue weighted by Gasteiger charge is -2.33. The molecule has 1 saturated carbocycles. The molecule has 0 saturated heterocycles. The highest BCUT2D eigenvalue weighted by Crippen LogP contribution is 2.34. The first-order valence-electron chi connectivity index (χ1n) is 6.63. The van der Waals surface area contributed by atoms with Gasteiger partial charge in [-0.3, -0.25) is 0 Å². The van der Waals surface area contributed by atoms with Gasteiger partial charge < -0.3 is 10.8 Å². The van der Waals surface area contributed by atoms with E-state index in [0.29, 0.717) is 11.8 Å². The van der Waals surface area contributed by atoms with Crippen molar-refractivity contribution >= 4 is 0 Å². The fraction of sp³-hybridized carbons (Fsp3) is 0.600. The van der Waals surface area contributed by atoms with Gasteiger partial charge in [-0.1, -0.05) is 44.5 Å². The topological polar surface area (TPSA) is 46.2 Å². The molecule has 0 bridgehead atoms. The smallest absolute Gasteiger partial charge is 0.0760 e. The second-order valence-corrected chi connectivity index (χ2v) is 5.53. The Bertz CT molecular complexity index is 354. The van der Waals surface area contributed by atoms with Crippen LogP contribution in [0.1, 0.15) is 56.2 Å². The normalized spacial score (nSPS) is 20.1. The van der Waals surface area contributed by atoms with Crippen LogP contribution >= 0.6 is 0 Å². The van der Waals surface area contributed by atoms with Crippen molar-refractivity contribution in [2.24, 2.45) is 11.7 Å². The van der Waals surface area contributed by atoms with Gasteiger partial charge >= 0.3 is 0 Å². The molecule has 0 heterocycles. The Balaban J connectivity index is 2.05. The van der Waals surface area contributed by atoms with Crippen molar-refractivity contribution in [3.63, 3.8) is 0 Å². The standard InChI is InChI=1S/C15H23NO/c1-10(2)11-6-8-12(9-7-11)14(16)15(17)13-4-3-5-13/h6-10,13-15,17H,3-5,16H2,1-2H3/t14-,15+/m1/s1. The summed E-state index contributed by atoms with van der Waals surface area (Å²) in [5.74, 6) is 0.951. The predicted molar refractivity (Wildman–Crippen MR) is 70.8 cm³/mol. The molecule has 1 aromatic carbocycles. The van der Waals surface area contributed by atoms with Crippen molar-refractivity contribution < 1.29 is 5.11 Å². The van der Waals surface area contributed by atoms with Gasteiger partial charge in [0, 0.05) is 0 Å². The number of hydrogen-bond acceptors (Lipinski definition) is 2. The van der Waals surface area contributed by atoms with Crippen LogP contribution in [0.25, 0.3) is 0 Å². The predicted octanol–water partition coefficient (Wildman–Crippen LogP) is 2.97. The van der Waals surface area contributed by atoms with Crippen LogP contribution in [0.4, 0.5) is 0 Å². The van der Waals surface area contributed by atoms with E-state index in [9.17, 15) is 5.11 Å². The Kier molecular flexibility index (Phi) is 3.85. The summed E-state index contributed by atoms with van der Waals surface area (Å²) in [4.78, 5) is 0. The molecule has 1 aromatic rings. The van der Waals surface area contributed by atoms with Crippen molar-refractivity contribution in [2.45, 2.75) is 51.2 Å². The van der Waals surface area contributed by atoms with Gasteiger partial charge in [-0.2, -0.15) is 0 Å². The zero-order chi connectivity index (χ0) is 12.4. The van der Waals surface area contributed by atoms with E-state index < -0.39 is 0 Å². The van der Waals surface area contributed by atoms with E-state index in [2.05, 4.69) is 38.1 Å². The maximum absolute atomic E-state index is 10.1. The summed E-state index contributed by atoms with van der Waals surface area (Å²) in [7, 11) is 0. The first-order valence-corrected chi connectivity index (χ1v) is 6.63. The summed E-state index contributed by atoms with van der Waals surface area (Å²) in [6, 6.07) is 8.12. The highest BCUT2D eigenvalue weighted by molar-refractivity contribution is 5.27. The molecule has 0 aromatic heterocycles. The van der Waals surface area contributed by atoms with Crippen molar-refractivity contribution in [3.05, 3.63) is 35.4 Å². The lowest BCUT2D eigenvalue weighted by molar-refractivity contribution is 0.0413. The number of hydrogen-bond donors (Lipinski definition) is 2. The quantitative estimate of drug-likeness (QED) is 0.840. The Hall–Kier alpha value is -0.860. The van der Waals surface area contributed by atoms with Crippen molar-refractivity contribution in [1.82, 2.24) is 0 Å². The molecule has 17 heavy (non-hydrogen) atoms. The molecule has 1 fully saturated rings. The molecule has 2 atom stereocenters. The molecule has 1 aliphatic rings. The number of aliphatic hydroxyl groups is 1. The molecule has 0 radical (unpaired) electrons. The van der Waals surface area contributed by atoms with E-state index in [-0.39, 0.29) is 12.1 Å². The van der Waals surface area contributed by atoms with Gasteiger partial charge in [-0.05, 0) is 35.8 Å². The maximum atomic E-state index is 10.1. The van der Waals surface area contributed by atoms with Crippen molar-refractivity contribution in [3.8, 4) is 0 Å². The number of rotatable bonds is 4. The molecule has 0 unspecified atom stereocenters. The molecule has 0 spiro atoms. The van der Waals surface area contributed by atoms with E-state index >= 15 is 0 Å². The average Bonchev–Trinajstić information content (AvgIpc) is 2.25. The zero-order valence-electron chi connectivity index (χ0n) is 10.8. The second-order valence-electron chi connectivity index (χ2n) is 5.53.